The van der Waals surface area contributed by atoms with Crippen LogP contribution >= 0.6 is 0 Å². The van der Waals surface area contributed by atoms with E-state index in [1.807, 2.05) is 32.9 Å². The van der Waals surface area contributed by atoms with Gasteiger partial charge in [0.25, 0.3) is 0 Å². The standard InChI is InChI=1S/C13H20N2O3/c1-13(2,3)18-12(16)14-11-7-5-6-10(8-11)9-15(4)17/h5-8,17H,9H2,1-4H3,(H,14,16). The Morgan fingerprint density at radius 1 is 1.44 bits per heavy atom. The first-order chi connectivity index (χ1) is 8.26. The third-order valence-electron chi connectivity index (χ3n) is 1.98. The molecule has 1 aromatic carbocycles. The van der Waals surface area contributed by atoms with E-state index in [2.05, 4.69) is 5.32 Å². The van der Waals surface area contributed by atoms with Crippen molar-refractivity contribution in [1.29, 1.82) is 0 Å². The van der Waals surface area contributed by atoms with Crippen molar-refractivity contribution in [1.82, 2.24) is 5.06 Å². The first-order valence-electron chi connectivity index (χ1n) is 5.75. The summed E-state index contributed by atoms with van der Waals surface area (Å²) in [6, 6.07) is 7.24. The fourth-order valence-electron chi connectivity index (χ4n) is 1.43. The van der Waals surface area contributed by atoms with Gasteiger partial charge in [0.1, 0.15) is 5.60 Å². The van der Waals surface area contributed by atoms with Crippen LogP contribution in [0.3, 0.4) is 0 Å². The summed E-state index contributed by atoms with van der Waals surface area (Å²) in [6.45, 7) is 5.82. The lowest BCUT2D eigenvalue weighted by molar-refractivity contribution is -0.0731. The second kappa shape index (κ2) is 5.84. The fraction of sp³-hybridized carbons (Fsp3) is 0.462. The molecule has 0 atom stereocenters. The molecule has 2 N–H and O–H groups in total. The highest BCUT2D eigenvalue weighted by atomic mass is 16.6. The summed E-state index contributed by atoms with van der Waals surface area (Å²) in [6.07, 6.45) is -0.489. The number of hydrogen-bond donors (Lipinski definition) is 2. The van der Waals surface area contributed by atoms with Crippen LogP contribution in [0.2, 0.25) is 0 Å². The van der Waals surface area contributed by atoms with E-state index >= 15 is 0 Å². The number of hydroxylamine groups is 2. The van der Waals surface area contributed by atoms with Gasteiger partial charge in [0.15, 0.2) is 0 Å². The van der Waals surface area contributed by atoms with Crippen LogP contribution in [-0.2, 0) is 11.3 Å². The molecular formula is C13H20N2O3. The summed E-state index contributed by atoms with van der Waals surface area (Å²) in [5.41, 5.74) is 1.02. The van der Waals surface area contributed by atoms with Crippen molar-refractivity contribution in [3.63, 3.8) is 0 Å². The Hall–Kier alpha value is -1.59. The predicted octanol–water partition coefficient (Wildman–Crippen LogP) is 2.85. The van der Waals surface area contributed by atoms with Crippen LogP contribution in [0.5, 0.6) is 0 Å². The number of nitrogens with zero attached hydrogens (tertiary/aromatic N) is 1. The van der Waals surface area contributed by atoms with Gasteiger partial charge in [-0.2, -0.15) is 5.06 Å². The second-order valence-corrected chi connectivity index (χ2v) is 5.14. The maximum atomic E-state index is 11.6. The van der Waals surface area contributed by atoms with Crippen molar-refractivity contribution in [2.45, 2.75) is 32.9 Å². The Labute approximate surface area is 107 Å². The molecule has 0 saturated carbocycles. The number of nitrogens with one attached hydrogen (secondary N) is 1. The van der Waals surface area contributed by atoms with Crippen LogP contribution in [0.1, 0.15) is 26.3 Å². The lowest BCUT2D eigenvalue weighted by atomic mass is 10.2. The van der Waals surface area contributed by atoms with Gasteiger partial charge in [-0.3, -0.25) is 5.32 Å². The van der Waals surface area contributed by atoms with E-state index in [-0.39, 0.29) is 0 Å². The Bertz CT molecular complexity index is 411. The summed E-state index contributed by atoms with van der Waals surface area (Å²) >= 11 is 0. The second-order valence-electron chi connectivity index (χ2n) is 5.14. The Balaban J connectivity index is 2.65. The smallest absolute Gasteiger partial charge is 0.412 e. The molecule has 18 heavy (non-hydrogen) atoms. The van der Waals surface area contributed by atoms with Gasteiger partial charge in [0, 0.05) is 19.3 Å². The van der Waals surface area contributed by atoms with E-state index in [9.17, 15) is 4.79 Å². The average Bonchev–Trinajstić information content (AvgIpc) is 2.13. The third-order valence-corrected chi connectivity index (χ3v) is 1.98. The number of hydrogen-bond acceptors (Lipinski definition) is 4. The van der Waals surface area contributed by atoms with Crippen LogP contribution in [0.15, 0.2) is 24.3 Å². The van der Waals surface area contributed by atoms with E-state index < -0.39 is 11.7 Å². The molecular weight excluding hydrogens is 232 g/mol. The lowest BCUT2D eigenvalue weighted by Gasteiger charge is -2.19. The summed E-state index contributed by atoms with van der Waals surface area (Å²) in [4.78, 5) is 11.6. The van der Waals surface area contributed by atoms with Crippen molar-refractivity contribution in [2.75, 3.05) is 12.4 Å². The molecule has 0 radical (unpaired) electrons. The maximum Gasteiger partial charge on any atom is 0.412 e. The molecule has 0 aliphatic heterocycles. The minimum Gasteiger partial charge on any atom is -0.444 e. The molecule has 0 aromatic heterocycles. The minimum absolute atomic E-state index is 0.393. The number of carbonyl (C=O) groups is 1. The van der Waals surface area contributed by atoms with Gasteiger partial charge < -0.3 is 9.94 Å². The molecule has 0 saturated heterocycles. The van der Waals surface area contributed by atoms with E-state index in [0.29, 0.717) is 12.2 Å². The van der Waals surface area contributed by atoms with Gasteiger partial charge >= 0.3 is 6.09 Å². The van der Waals surface area contributed by atoms with Gasteiger partial charge in [-0.1, -0.05) is 12.1 Å². The van der Waals surface area contributed by atoms with Crippen molar-refractivity contribution in [3.8, 4) is 0 Å². The Morgan fingerprint density at radius 3 is 2.67 bits per heavy atom. The van der Waals surface area contributed by atoms with Crippen molar-refractivity contribution >= 4 is 11.8 Å². The maximum absolute atomic E-state index is 11.6. The number of rotatable bonds is 3. The molecule has 0 spiro atoms. The Kier molecular flexibility index (Phi) is 4.69. The molecule has 0 bridgehead atoms. The lowest BCUT2D eigenvalue weighted by Crippen LogP contribution is -2.27. The van der Waals surface area contributed by atoms with Crippen molar-refractivity contribution in [3.05, 3.63) is 29.8 Å². The van der Waals surface area contributed by atoms with Gasteiger partial charge in [-0.25, -0.2) is 4.79 Å². The van der Waals surface area contributed by atoms with Crippen LogP contribution in [0, 0.1) is 0 Å². The van der Waals surface area contributed by atoms with E-state index in [4.69, 9.17) is 9.94 Å². The van der Waals surface area contributed by atoms with Crippen LogP contribution in [0.25, 0.3) is 0 Å². The van der Waals surface area contributed by atoms with Crippen molar-refractivity contribution < 1.29 is 14.7 Å². The fourth-order valence-corrected chi connectivity index (χ4v) is 1.43. The first-order valence-corrected chi connectivity index (χ1v) is 5.75. The monoisotopic (exact) mass is 252 g/mol. The zero-order chi connectivity index (χ0) is 13.8. The number of benzene rings is 1. The summed E-state index contributed by atoms with van der Waals surface area (Å²) in [7, 11) is 1.56. The predicted molar refractivity (Wildman–Crippen MR) is 69.6 cm³/mol. The number of amides is 1. The highest BCUT2D eigenvalue weighted by molar-refractivity contribution is 5.84. The van der Waals surface area contributed by atoms with Crippen LogP contribution in [0.4, 0.5) is 10.5 Å². The summed E-state index contributed by atoms with van der Waals surface area (Å²) in [5, 5.41) is 12.9. The van der Waals surface area contributed by atoms with Gasteiger partial charge in [-0.15, -0.1) is 0 Å². The summed E-state index contributed by atoms with van der Waals surface area (Å²) < 4.78 is 5.15. The van der Waals surface area contributed by atoms with E-state index in [0.717, 1.165) is 10.6 Å². The zero-order valence-electron chi connectivity index (χ0n) is 11.2. The van der Waals surface area contributed by atoms with Gasteiger partial charge in [-0.05, 0) is 38.5 Å². The molecule has 0 unspecified atom stereocenters. The molecule has 100 valence electrons. The van der Waals surface area contributed by atoms with Crippen molar-refractivity contribution in [2.24, 2.45) is 0 Å². The molecule has 5 nitrogen and oxygen atoms in total. The SMILES string of the molecule is CN(O)Cc1cccc(NC(=O)OC(C)(C)C)c1. The minimum atomic E-state index is -0.521. The summed E-state index contributed by atoms with van der Waals surface area (Å²) in [5.74, 6) is 0. The highest BCUT2D eigenvalue weighted by Gasteiger charge is 2.16. The quantitative estimate of drug-likeness (QED) is 0.812. The molecule has 1 rings (SSSR count). The molecule has 5 heteroatoms. The molecule has 1 aromatic rings. The topological polar surface area (TPSA) is 61.8 Å². The molecule has 0 aliphatic rings. The van der Waals surface area contributed by atoms with E-state index in [1.54, 1.807) is 19.2 Å². The van der Waals surface area contributed by atoms with Gasteiger partial charge in [0.05, 0.1) is 0 Å². The van der Waals surface area contributed by atoms with Gasteiger partial charge in [0.2, 0.25) is 0 Å². The number of anilines is 1. The molecule has 1 amide bonds. The zero-order valence-corrected chi connectivity index (χ0v) is 11.2. The highest BCUT2D eigenvalue weighted by Crippen LogP contribution is 2.14. The van der Waals surface area contributed by atoms with Crippen LogP contribution < -0.4 is 5.32 Å². The molecule has 0 aliphatic carbocycles. The number of ether oxygens (including phenoxy) is 1. The molecule has 0 heterocycles. The van der Waals surface area contributed by atoms with E-state index in [1.165, 1.54) is 0 Å². The Morgan fingerprint density at radius 2 is 2.11 bits per heavy atom. The molecule has 0 fully saturated rings. The largest absolute Gasteiger partial charge is 0.444 e. The normalized spacial score (nSPS) is 11.4. The third kappa shape index (κ3) is 5.65. The van der Waals surface area contributed by atoms with Crippen LogP contribution in [-0.4, -0.2) is 29.0 Å². The average molecular weight is 252 g/mol. The number of carbonyl (C=O) groups excluding carboxylic acids is 1. The first kappa shape index (κ1) is 14.5.